The van der Waals surface area contributed by atoms with Crippen LogP contribution in [-0.2, 0) is 19.6 Å². The molecule has 0 aliphatic carbocycles. The third kappa shape index (κ3) is 4.37. The third-order valence-corrected chi connectivity index (χ3v) is 4.03. The second kappa shape index (κ2) is 7.47. The molecule has 2 aromatic heterocycles. The quantitative estimate of drug-likeness (QED) is 0.851. The van der Waals surface area contributed by atoms with Crippen molar-refractivity contribution >= 4 is 11.3 Å². The molecule has 4 nitrogen and oxygen atoms in total. The van der Waals surface area contributed by atoms with Gasteiger partial charge in [0, 0.05) is 24.5 Å². The molecule has 1 N–H and O–H groups in total. The molecule has 2 aromatic rings. The van der Waals surface area contributed by atoms with E-state index in [4.69, 9.17) is 0 Å². The standard InChI is InChI=1S/C15H22N4S/c1-4-16-8-13-6-5-7-14(18-13)9-19(3)10-15-12(2)17-11-20-15/h5-7,11,16H,4,8-10H2,1-3H3. The molecule has 0 radical (unpaired) electrons. The van der Waals surface area contributed by atoms with Gasteiger partial charge < -0.3 is 5.32 Å². The second-order valence-electron chi connectivity index (χ2n) is 4.93. The predicted molar refractivity (Wildman–Crippen MR) is 83.6 cm³/mol. The van der Waals surface area contributed by atoms with Gasteiger partial charge in [-0.25, -0.2) is 4.98 Å². The van der Waals surface area contributed by atoms with E-state index in [1.54, 1.807) is 11.3 Å². The highest BCUT2D eigenvalue weighted by Gasteiger charge is 2.07. The summed E-state index contributed by atoms with van der Waals surface area (Å²) in [7, 11) is 2.12. The lowest BCUT2D eigenvalue weighted by molar-refractivity contribution is 0.316. The fraction of sp³-hybridized carbons (Fsp3) is 0.467. The normalized spacial score (nSPS) is 11.2. The maximum absolute atomic E-state index is 4.69. The summed E-state index contributed by atoms with van der Waals surface area (Å²) in [6, 6.07) is 6.24. The number of aromatic nitrogens is 2. The number of hydrogen-bond donors (Lipinski definition) is 1. The third-order valence-electron chi connectivity index (χ3n) is 3.11. The molecule has 0 bridgehead atoms. The highest BCUT2D eigenvalue weighted by atomic mass is 32.1. The first kappa shape index (κ1) is 15.1. The van der Waals surface area contributed by atoms with E-state index in [-0.39, 0.29) is 0 Å². The van der Waals surface area contributed by atoms with E-state index >= 15 is 0 Å². The van der Waals surface area contributed by atoms with Crippen molar-refractivity contribution in [1.29, 1.82) is 0 Å². The van der Waals surface area contributed by atoms with Crippen molar-refractivity contribution in [3.05, 3.63) is 45.7 Å². The lowest BCUT2D eigenvalue weighted by Crippen LogP contribution is -2.19. The molecule has 2 heterocycles. The Morgan fingerprint density at radius 3 is 2.75 bits per heavy atom. The van der Waals surface area contributed by atoms with Crippen LogP contribution in [-0.4, -0.2) is 28.5 Å². The number of nitrogens with one attached hydrogen (secondary N) is 1. The van der Waals surface area contributed by atoms with Gasteiger partial charge in [0.25, 0.3) is 0 Å². The van der Waals surface area contributed by atoms with Gasteiger partial charge >= 0.3 is 0 Å². The number of rotatable bonds is 7. The molecule has 0 saturated heterocycles. The number of hydrogen-bond acceptors (Lipinski definition) is 5. The number of thiazole rings is 1. The number of pyridine rings is 1. The minimum Gasteiger partial charge on any atom is -0.311 e. The van der Waals surface area contributed by atoms with Crippen molar-refractivity contribution in [1.82, 2.24) is 20.2 Å². The topological polar surface area (TPSA) is 41.0 Å². The molecule has 0 aromatic carbocycles. The van der Waals surface area contributed by atoms with Crippen LogP contribution in [0, 0.1) is 6.92 Å². The van der Waals surface area contributed by atoms with Crippen LogP contribution in [0.25, 0.3) is 0 Å². The molecule has 0 spiro atoms. The molecule has 0 fully saturated rings. The van der Waals surface area contributed by atoms with E-state index in [9.17, 15) is 0 Å². The Kier molecular flexibility index (Phi) is 5.64. The lowest BCUT2D eigenvalue weighted by atomic mass is 10.2. The molecule has 20 heavy (non-hydrogen) atoms. The van der Waals surface area contributed by atoms with E-state index in [2.05, 4.69) is 59.3 Å². The first-order valence-electron chi connectivity index (χ1n) is 6.92. The monoisotopic (exact) mass is 290 g/mol. The molecule has 0 amide bonds. The van der Waals surface area contributed by atoms with Crippen molar-refractivity contribution < 1.29 is 0 Å². The molecule has 108 valence electrons. The Morgan fingerprint density at radius 2 is 2.05 bits per heavy atom. The first-order chi connectivity index (χ1) is 9.69. The van der Waals surface area contributed by atoms with Gasteiger partial charge in [0.2, 0.25) is 0 Å². The molecular formula is C15H22N4S. The van der Waals surface area contributed by atoms with Crippen LogP contribution < -0.4 is 5.32 Å². The molecule has 0 atom stereocenters. The van der Waals surface area contributed by atoms with Crippen molar-refractivity contribution in [3.8, 4) is 0 Å². The van der Waals surface area contributed by atoms with Gasteiger partial charge in [-0.05, 0) is 32.6 Å². The van der Waals surface area contributed by atoms with E-state index in [1.165, 1.54) is 4.88 Å². The van der Waals surface area contributed by atoms with Gasteiger partial charge in [0.15, 0.2) is 0 Å². The average molecular weight is 290 g/mol. The van der Waals surface area contributed by atoms with Crippen LogP contribution in [0.3, 0.4) is 0 Å². The van der Waals surface area contributed by atoms with Crippen LogP contribution in [0.1, 0.15) is 28.9 Å². The second-order valence-corrected chi connectivity index (χ2v) is 5.87. The van der Waals surface area contributed by atoms with E-state index < -0.39 is 0 Å². The zero-order valence-electron chi connectivity index (χ0n) is 12.4. The maximum Gasteiger partial charge on any atom is 0.0798 e. The molecule has 5 heteroatoms. The summed E-state index contributed by atoms with van der Waals surface area (Å²) in [5.74, 6) is 0. The Balaban J connectivity index is 1.93. The highest BCUT2D eigenvalue weighted by Crippen LogP contribution is 2.15. The van der Waals surface area contributed by atoms with Gasteiger partial charge in [0.1, 0.15) is 0 Å². The Bertz CT molecular complexity index is 538. The maximum atomic E-state index is 4.69. The summed E-state index contributed by atoms with van der Waals surface area (Å²) in [6.07, 6.45) is 0. The van der Waals surface area contributed by atoms with Gasteiger partial charge in [-0.15, -0.1) is 11.3 Å². The van der Waals surface area contributed by atoms with E-state index in [1.807, 2.05) is 5.51 Å². The zero-order valence-corrected chi connectivity index (χ0v) is 13.2. The number of aryl methyl sites for hydroxylation is 1. The van der Waals surface area contributed by atoms with Crippen molar-refractivity contribution in [2.45, 2.75) is 33.5 Å². The van der Waals surface area contributed by atoms with Crippen LogP contribution in [0.2, 0.25) is 0 Å². The molecule has 0 aliphatic heterocycles. The van der Waals surface area contributed by atoms with E-state index in [0.29, 0.717) is 0 Å². The smallest absolute Gasteiger partial charge is 0.0798 e. The minimum atomic E-state index is 0.835. The summed E-state index contributed by atoms with van der Waals surface area (Å²) >= 11 is 1.72. The summed E-state index contributed by atoms with van der Waals surface area (Å²) in [4.78, 5) is 12.6. The molecule has 0 saturated carbocycles. The summed E-state index contributed by atoms with van der Waals surface area (Å²) in [6.45, 7) is 7.76. The lowest BCUT2D eigenvalue weighted by Gasteiger charge is -2.16. The fourth-order valence-corrected chi connectivity index (χ4v) is 2.88. The van der Waals surface area contributed by atoms with Crippen molar-refractivity contribution in [2.24, 2.45) is 0 Å². The molecule has 0 unspecified atom stereocenters. The van der Waals surface area contributed by atoms with Crippen LogP contribution in [0.4, 0.5) is 0 Å². The van der Waals surface area contributed by atoms with Gasteiger partial charge in [-0.3, -0.25) is 9.88 Å². The molecule has 2 rings (SSSR count). The molecular weight excluding hydrogens is 268 g/mol. The molecule has 0 aliphatic rings. The number of nitrogens with zero attached hydrogens (tertiary/aromatic N) is 3. The summed E-state index contributed by atoms with van der Waals surface area (Å²) in [5.41, 5.74) is 5.26. The van der Waals surface area contributed by atoms with Crippen LogP contribution >= 0.6 is 11.3 Å². The van der Waals surface area contributed by atoms with Crippen molar-refractivity contribution in [2.75, 3.05) is 13.6 Å². The van der Waals surface area contributed by atoms with Crippen LogP contribution in [0.5, 0.6) is 0 Å². The summed E-state index contributed by atoms with van der Waals surface area (Å²) < 4.78 is 0. The zero-order chi connectivity index (χ0) is 14.4. The fourth-order valence-electron chi connectivity index (χ4n) is 2.02. The Hall–Kier alpha value is -1.30. The Morgan fingerprint density at radius 1 is 1.25 bits per heavy atom. The average Bonchev–Trinajstić information content (AvgIpc) is 2.82. The Labute approximate surface area is 124 Å². The largest absolute Gasteiger partial charge is 0.311 e. The predicted octanol–water partition coefficient (Wildman–Crippen LogP) is 2.59. The minimum absolute atomic E-state index is 0.835. The van der Waals surface area contributed by atoms with Crippen LogP contribution in [0.15, 0.2) is 23.7 Å². The van der Waals surface area contributed by atoms with Crippen molar-refractivity contribution in [3.63, 3.8) is 0 Å². The summed E-state index contributed by atoms with van der Waals surface area (Å²) in [5, 5.41) is 3.31. The highest BCUT2D eigenvalue weighted by molar-refractivity contribution is 7.09. The van der Waals surface area contributed by atoms with Gasteiger partial charge in [-0.2, -0.15) is 0 Å². The van der Waals surface area contributed by atoms with E-state index in [0.717, 1.165) is 43.3 Å². The van der Waals surface area contributed by atoms with Gasteiger partial charge in [-0.1, -0.05) is 13.0 Å². The SMILES string of the molecule is CCNCc1cccc(CN(C)Cc2scnc2C)n1. The van der Waals surface area contributed by atoms with Gasteiger partial charge in [0.05, 0.1) is 22.6 Å². The first-order valence-corrected chi connectivity index (χ1v) is 7.80.